The van der Waals surface area contributed by atoms with Crippen LogP contribution in [0.1, 0.15) is 11.1 Å². The lowest BCUT2D eigenvalue weighted by Crippen LogP contribution is -2.43. The maximum atomic E-state index is 9.19. The topological polar surface area (TPSA) is 68.0 Å². The van der Waals surface area contributed by atoms with E-state index in [1.807, 2.05) is 18.2 Å². The standard InChI is InChI=1S/C16H22N2O3/c1-20-16-5-4-13(9-14(16)3-2-6-17)10-18-7-8-21-15(11-18)12-19/h4-5,9,15,19H,6-8,10-12,17H2,1H3. The van der Waals surface area contributed by atoms with E-state index in [4.69, 9.17) is 15.2 Å². The van der Waals surface area contributed by atoms with Crippen molar-refractivity contribution in [1.82, 2.24) is 4.90 Å². The number of benzene rings is 1. The lowest BCUT2D eigenvalue weighted by molar-refractivity contribution is -0.0551. The molecule has 5 heteroatoms. The number of aliphatic hydroxyl groups is 1. The molecular formula is C16H22N2O3. The summed E-state index contributed by atoms with van der Waals surface area (Å²) in [6, 6.07) is 6.00. The van der Waals surface area contributed by atoms with Crippen LogP contribution in [0.5, 0.6) is 5.75 Å². The summed E-state index contributed by atoms with van der Waals surface area (Å²) in [7, 11) is 1.64. The van der Waals surface area contributed by atoms with Crippen molar-refractivity contribution in [2.24, 2.45) is 5.73 Å². The maximum Gasteiger partial charge on any atom is 0.134 e. The fourth-order valence-electron chi connectivity index (χ4n) is 2.39. The molecule has 3 N–H and O–H groups in total. The molecule has 1 aromatic carbocycles. The van der Waals surface area contributed by atoms with Gasteiger partial charge in [0.25, 0.3) is 0 Å². The molecule has 2 rings (SSSR count). The lowest BCUT2D eigenvalue weighted by Gasteiger charge is -2.32. The molecule has 0 bridgehead atoms. The minimum Gasteiger partial charge on any atom is -0.495 e. The van der Waals surface area contributed by atoms with Gasteiger partial charge in [0.2, 0.25) is 0 Å². The molecule has 0 spiro atoms. The van der Waals surface area contributed by atoms with E-state index in [1.165, 1.54) is 0 Å². The Bertz CT molecular complexity index is 522. The largest absolute Gasteiger partial charge is 0.495 e. The van der Waals surface area contributed by atoms with E-state index < -0.39 is 0 Å². The van der Waals surface area contributed by atoms with Crippen LogP contribution in [0.4, 0.5) is 0 Å². The minimum atomic E-state index is -0.0894. The van der Waals surface area contributed by atoms with Gasteiger partial charge in [0.05, 0.1) is 38.5 Å². The first-order valence-corrected chi connectivity index (χ1v) is 7.07. The second kappa shape index (κ2) is 8.01. The van der Waals surface area contributed by atoms with Gasteiger partial charge < -0.3 is 20.3 Å². The van der Waals surface area contributed by atoms with E-state index >= 15 is 0 Å². The average Bonchev–Trinajstić information content (AvgIpc) is 2.53. The predicted molar refractivity (Wildman–Crippen MR) is 81.0 cm³/mol. The number of rotatable bonds is 4. The van der Waals surface area contributed by atoms with Gasteiger partial charge in [-0.25, -0.2) is 0 Å². The van der Waals surface area contributed by atoms with Gasteiger partial charge >= 0.3 is 0 Å². The monoisotopic (exact) mass is 290 g/mol. The van der Waals surface area contributed by atoms with Crippen LogP contribution in [0.15, 0.2) is 18.2 Å². The Kier molecular flexibility index (Phi) is 6.03. The number of hydrogen-bond donors (Lipinski definition) is 2. The van der Waals surface area contributed by atoms with Crippen molar-refractivity contribution in [3.8, 4) is 17.6 Å². The van der Waals surface area contributed by atoms with Gasteiger partial charge in [0.1, 0.15) is 5.75 Å². The van der Waals surface area contributed by atoms with Gasteiger partial charge in [-0.15, -0.1) is 0 Å². The summed E-state index contributed by atoms with van der Waals surface area (Å²) in [5, 5.41) is 9.19. The molecule has 1 aliphatic heterocycles. The van der Waals surface area contributed by atoms with Crippen LogP contribution in [0.2, 0.25) is 0 Å². The quantitative estimate of drug-likeness (QED) is 0.775. The Labute approximate surface area is 125 Å². The molecule has 1 aromatic rings. The first kappa shape index (κ1) is 15.8. The van der Waals surface area contributed by atoms with Gasteiger partial charge in [-0.3, -0.25) is 4.90 Å². The number of methoxy groups -OCH3 is 1. The van der Waals surface area contributed by atoms with Crippen molar-refractivity contribution < 1.29 is 14.6 Å². The summed E-state index contributed by atoms with van der Waals surface area (Å²) in [6.07, 6.45) is -0.0894. The van der Waals surface area contributed by atoms with Gasteiger partial charge in [-0.2, -0.15) is 0 Å². The molecule has 1 saturated heterocycles. The normalized spacial score (nSPS) is 18.9. The molecule has 1 fully saturated rings. The van der Waals surface area contributed by atoms with Crippen molar-refractivity contribution in [1.29, 1.82) is 0 Å². The van der Waals surface area contributed by atoms with Crippen LogP contribution in [0.25, 0.3) is 0 Å². The van der Waals surface area contributed by atoms with E-state index in [-0.39, 0.29) is 12.7 Å². The highest BCUT2D eigenvalue weighted by molar-refractivity contribution is 5.48. The van der Waals surface area contributed by atoms with E-state index in [2.05, 4.69) is 16.7 Å². The molecule has 0 amide bonds. The number of ether oxygens (including phenoxy) is 2. The molecule has 21 heavy (non-hydrogen) atoms. The Morgan fingerprint density at radius 2 is 2.38 bits per heavy atom. The summed E-state index contributed by atoms with van der Waals surface area (Å²) in [6.45, 7) is 3.46. The average molecular weight is 290 g/mol. The lowest BCUT2D eigenvalue weighted by atomic mass is 10.1. The smallest absolute Gasteiger partial charge is 0.134 e. The van der Waals surface area contributed by atoms with Gasteiger partial charge in [0, 0.05) is 19.6 Å². The summed E-state index contributed by atoms with van der Waals surface area (Å²) in [5.74, 6) is 6.65. The molecule has 0 aliphatic carbocycles. The van der Waals surface area contributed by atoms with Crippen molar-refractivity contribution >= 4 is 0 Å². The number of hydrogen-bond acceptors (Lipinski definition) is 5. The van der Waals surface area contributed by atoms with Gasteiger partial charge in [0.15, 0.2) is 0 Å². The highest BCUT2D eigenvalue weighted by Crippen LogP contribution is 2.20. The fourth-order valence-corrected chi connectivity index (χ4v) is 2.39. The highest BCUT2D eigenvalue weighted by atomic mass is 16.5. The van der Waals surface area contributed by atoms with Crippen molar-refractivity contribution in [3.05, 3.63) is 29.3 Å². The molecule has 1 atom stereocenters. The second-order valence-electron chi connectivity index (χ2n) is 4.95. The number of nitrogens with two attached hydrogens (primary N) is 1. The molecular weight excluding hydrogens is 268 g/mol. The molecule has 1 unspecified atom stereocenters. The van der Waals surface area contributed by atoms with E-state index in [1.54, 1.807) is 7.11 Å². The second-order valence-corrected chi connectivity index (χ2v) is 4.95. The maximum absolute atomic E-state index is 9.19. The van der Waals surface area contributed by atoms with Gasteiger partial charge in [-0.1, -0.05) is 17.9 Å². The van der Waals surface area contributed by atoms with Crippen LogP contribution in [0.3, 0.4) is 0 Å². The van der Waals surface area contributed by atoms with Crippen molar-refractivity contribution in [2.45, 2.75) is 12.6 Å². The van der Waals surface area contributed by atoms with E-state index in [0.29, 0.717) is 13.2 Å². The van der Waals surface area contributed by atoms with Gasteiger partial charge in [-0.05, 0) is 17.7 Å². The van der Waals surface area contributed by atoms with E-state index in [0.717, 1.165) is 36.5 Å². The van der Waals surface area contributed by atoms with E-state index in [9.17, 15) is 5.11 Å². The van der Waals surface area contributed by atoms with Crippen LogP contribution in [0, 0.1) is 11.8 Å². The number of aliphatic hydroxyl groups excluding tert-OH is 1. The zero-order valence-corrected chi connectivity index (χ0v) is 12.3. The summed E-state index contributed by atoms with van der Waals surface area (Å²) in [4.78, 5) is 2.27. The molecule has 1 aliphatic rings. The van der Waals surface area contributed by atoms with Crippen LogP contribution < -0.4 is 10.5 Å². The van der Waals surface area contributed by atoms with Crippen molar-refractivity contribution in [3.63, 3.8) is 0 Å². The zero-order valence-electron chi connectivity index (χ0n) is 12.3. The molecule has 5 nitrogen and oxygen atoms in total. The first-order chi connectivity index (χ1) is 10.3. The third-order valence-corrected chi connectivity index (χ3v) is 3.42. The SMILES string of the molecule is COc1ccc(CN2CCOC(CO)C2)cc1C#CCN. The number of morpholine rings is 1. The minimum absolute atomic E-state index is 0.0618. The summed E-state index contributed by atoms with van der Waals surface area (Å²) < 4.78 is 10.8. The molecule has 0 radical (unpaired) electrons. The Balaban J connectivity index is 2.09. The molecule has 1 heterocycles. The molecule has 0 aromatic heterocycles. The summed E-state index contributed by atoms with van der Waals surface area (Å²) in [5.41, 5.74) is 7.44. The first-order valence-electron chi connectivity index (χ1n) is 7.07. The Hall–Kier alpha value is -1.58. The van der Waals surface area contributed by atoms with Crippen molar-refractivity contribution in [2.75, 3.05) is 40.0 Å². The highest BCUT2D eigenvalue weighted by Gasteiger charge is 2.19. The number of nitrogens with zero attached hydrogens (tertiary/aromatic N) is 1. The third-order valence-electron chi connectivity index (χ3n) is 3.42. The Morgan fingerprint density at radius 3 is 3.10 bits per heavy atom. The zero-order chi connectivity index (χ0) is 15.1. The predicted octanol–water partition coefficient (Wildman–Crippen LogP) is 0.199. The third kappa shape index (κ3) is 4.45. The van der Waals surface area contributed by atoms with Crippen LogP contribution >= 0.6 is 0 Å². The van der Waals surface area contributed by atoms with Crippen LogP contribution in [-0.4, -0.2) is 56.1 Å². The summed E-state index contributed by atoms with van der Waals surface area (Å²) >= 11 is 0. The fraction of sp³-hybridized carbons (Fsp3) is 0.500. The Morgan fingerprint density at radius 1 is 1.52 bits per heavy atom. The van der Waals surface area contributed by atoms with Crippen LogP contribution in [-0.2, 0) is 11.3 Å². The molecule has 0 saturated carbocycles. The molecule has 114 valence electrons.